The lowest BCUT2D eigenvalue weighted by atomic mass is 9.85. The minimum atomic E-state index is -0.725. The molecule has 8 nitrogen and oxygen atoms in total. The van der Waals surface area contributed by atoms with Crippen LogP contribution in [0.25, 0.3) is 10.8 Å². The van der Waals surface area contributed by atoms with Crippen LogP contribution >= 0.6 is 11.8 Å². The number of hydrogen-bond donors (Lipinski definition) is 2. The van der Waals surface area contributed by atoms with Crippen molar-refractivity contribution in [2.45, 2.75) is 47.1 Å². The first kappa shape index (κ1) is 28.1. The Balaban J connectivity index is 1.64. The molecule has 9 heteroatoms. The molecule has 0 radical (unpaired) electrons. The third kappa shape index (κ3) is 7.53. The van der Waals surface area contributed by atoms with Crippen LogP contribution < -0.4 is 5.73 Å². The van der Waals surface area contributed by atoms with Gasteiger partial charge in [-0.25, -0.2) is 9.97 Å². The van der Waals surface area contributed by atoms with Gasteiger partial charge in [0.15, 0.2) is 0 Å². The number of allylic oxidation sites excluding steroid dienone is 1. The number of nitrogen functional groups attached to an aromatic ring is 1. The number of ether oxygens (including phenoxy) is 1. The maximum Gasteiger partial charge on any atom is 0.312 e. The second kappa shape index (κ2) is 12.7. The zero-order chi connectivity index (χ0) is 27.0. The Morgan fingerprint density at radius 2 is 1.95 bits per heavy atom. The fourth-order valence-corrected chi connectivity index (χ4v) is 4.82. The summed E-state index contributed by atoms with van der Waals surface area (Å²) in [7, 11) is 0. The van der Waals surface area contributed by atoms with Gasteiger partial charge in [-0.3, -0.25) is 9.59 Å². The number of fused-ring (bicyclic) bond motifs is 1. The number of hydrogen-bond acceptors (Lipinski definition) is 8. The number of aliphatic hydroxyl groups excluding tert-OH is 1. The summed E-state index contributed by atoms with van der Waals surface area (Å²) >= 11 is 1.28. The van der Waals surface area contributed by atoms with Crippen LogP contribution in [0, 0.1) is 12.3 Å². The largest absolute Gasteiger partial charge is 0.454 e. The van der Waals surface area contributed by atoms with Crippen molar-refractivity contribution < 1.29 is 19.4 Å². The predicted molar refractivity (Wildman–Crippen MR) is 147 cm³/mol. The molecule has 0 saturated carbocycles. The number of aliphatic hydroxyl groups is 1. The van der Waals surface area contributed by atoms with Crippen molar-refractivity contribution in [3.8, 4) is 0 Å². The van der Waals surface area contributed by atoms with Crippen molar-refractivity contribution in [3.05, 3.63) is 76.2 Å². The lowest BCUT2D eigenvalue weighted by Gasteiger charge is -2.24. The van der Waals surface area contributed by atoms with Gasteiger partial charge in [0.25, 0.3) is 0 Å². The first-order chi connectivity index (χ1) is 17.6. The zero-order valence-corrected chi connectivity index (χ0v) is 22.5. The van der Waals surface area contributed by atoms with Gasteiger partial charge in [-0.05, 0) is 50.5 Å². The zero-order valence-electron chi connectivity index (χ0n) is 21.7. The number of aromatic nitrogens is 2. The molecule has 1 amide bonds. The monoisotopic (exact) mass is 522 g/mol. The first-order valence-electron chi connectivity index (χ1n) is 12.0. The Morgan fingerprint density at radius 1 is 1.22 bits per heavy atom. The molecule has 0 saturated heterocycles. The lowest BCUT2D eigenvalue weighted by Crippen LogP contribution is -2.29. The van der Waals surface area contributed by atoms with Gasteiger partial charge in [-0.15, -0.1) is 0 Å². The van der Waals surface area contributed by atoms with Gasteiger partial charge in [0, 0.05) is 35.4 Å². The van der Waals surface area contributed by atoms with Crippen LogP contribution in [-0.4, -0.2) is 44.9 Å². The average molecular weight is 523 g/mol. The molecule has 0 aliphatic heterocycles. The van der Waals surface area contributed by atoms with Crippen LogP contribution in [0.2, 0.25) is 0 Å². The molecule has 196 valence electrons. The van der Waals surface area contributed by atoms with Gasteiger partial charge in [-0.2, -0.15) is 0 Å². The number of thioether (sulfide) groups is 1. The maximum atomic E-state index is 12.9. The standard InChI is InChI=1S/C28H34N4O4S/c1-19(32(17-34)16-24-15-30-20(2)31-26(24)29)25(11-12-33)37-18-36-27(35)28(3,4)14-21-9-10-22-7-5-6-8-23(22)13-21/h5-10,13,15,17,33H,11-12,14,16,18H2,1-4H3,(H2,29,30,31). The summed E-state index contributed by atoms with van der Waals surface area (Å²) in [6, 6.07) is 14.3. The number of anilines is 1. The minimum Gasteiger partial charge on any atom is -0.454 e. The summed E-state index contributed by atoms with van der Waals surface area (Å²) in [5, 5.41) is 11.9. The summed E-state index contributed by atoms with van der Waals surface area (Å²) < 4.78 is 5.62. The van der Waals surface area contributed by atoms with Crippen molar-refractivity contribution in [2.24, 2.45) is 5.41 Å². The Morgan fingerprint density at radius 3 is 2.62 bits per heavy atom. The van der Waals surface area contributed by atoms with Crippen LogP contribution in [0.5, 0.6) is 0 Å². The van der Waals surface area contributed by atoms with Crippen molar-refractivity contribution in [3.63, 3.8) is 0 Å². The molecule has 3 rings (SSSR count). The topological polar surface area (TPSA) is 119 Å². The Labute approximate surface area is 221 Å². The summed E-state index contributed by atoms with van der Waals surface area (Å²) in [5.41, 5.74) is 7.58. The number of carbonyl (C=O) groups is 2. The van der Waals surface area contributed by atoms with Crippen LogP contribution in [0.3, 0.4) is 0 Å². The number of esters is 1. The van der Waals surface area contributed by atoms with E-state index in [0.29, 0.717) is 42.2 Å². The summed E-state index contributed by atoms with van der Waals surface area (Å²) in [4.78, 5) is 35.3. The highest BCUT2D eigenvalue weighted by molar-refractivity contribution is 8.02. The second-order valence-electron chi connectivity index (χ2n) is 9.48. The number of benzene rings is 2. The maximum absolute atomic E-state index is 12.9. The number of amides is 1. The molecular weight excluding hydrogens is 488 g/mol. The number of nitrogens with zero attached hydrogens (tertiary/aromatic N) is 3. The number of carbonyl (C=O) groups excluding carboxylic acids is 2. The quantitative estimate of drug-likeness (QED) is 0.201. The molecule has 1 aromatic heterocycles. The summed E-state index contributed by atoms with van der Waals surface area (Å²) in [6.45, 7) is 7.34. The summed E-state index contributed by atoms with van der Waals surface area (Å²) in [6.07, 6.45) is 3.16. The molecule has 0 atom stereocenters. The van der Waals surface area contributed by atoms with E-state index in [9.17, 15) is 14.7 Å². The van der Waals surface area contributed by atoms with Gasteiger partial charge in [0.2, 0.25) is 6.41 Å². The third-order valence-corrected chi connectivity index (χ3v) is 7.18. The van der Waals surface area contributed by atoms with Gasteiger partial charge < -0.3 is 20.5 Å². The second-order valence-corrected chi connectivity index (χ2v) is 10.5. The fourth-order valence-electron chi connectivity index (χ4n) is 3.95. The highest BCUT2D eigenvalue weighted by atomic mass is 32.2. The van der Waals surface area contributed by atoms with Crippen LogP contribution in [0.15, 0.2) is 59.3 Å². The minimum absolute atomic E-state index is 0.0646. The molecular formula is C28H34N4O4S. The van der Waals surface area contributed by atoms with Gasteiger partial charge in [0.05, 0.1) is 12.0 Å². The first-order valence-corrected chi connectivity index (χ1v) is 13.0. The molecule has 0 bridgehead atoms. The van der Waals surface area contributed by atoms with E-state index in [2.05, 4.69) is 34.2 Å². The average Bonchev–Trinajstić information content (AvgIpc) is 2.87. The summed E-state index contributed by atoms with van der Waals surface area (Å²) in [5.74, 6) is 0.611. The van der Waals surface area contributed by atoms with E-state index >= 15 is 0 Å². The van der Waals surface area contributed by atoms with E-state index < -0.39 is 5.41 Å². The van der Waals surface area contributed by atoms with Crippen LogP contribution in [0.4, 0.5) is 5.82 Å². The molecule has 2 aromatic carbocycles. The molecule has 1 heterocycles. The number of rotatable bonds is 12. The molecule has 3 N–H and O–H groups in total. The van der Waals surface area contributed by atoms with Crippen LogP contribution in [-0.2, 0) is 27.3 Å². The highest BCUT2D eigenvalue weighted by Gasteiger charge is 2.30. The van der Waals surface area contributed by atoms with Crippen molar-refractivity contribution >= 4 is 40.7 Å². The van der Waals surface area contributed by atoms with Gasteiger partial charge in [-0.1, -0.05) is 54.2 Å². The number of aryl methyl sites for hydroxylation is 1. The van der Waals surface area contributed by atoms with Crippen molar-refractivity contribution in [2.75, 3.05) is 18.3 Å². The normalized spacial score (nSPS) is 12.2. The SMILES string of the molecule is CC(=C(CCO)SCOC(=O)C(C)(C)Cc1ccc2ccccc2c1)N(C=O)Cc1cnc(C)nc1N. The highest BCUT2D eigenvalue weighted by Crippen LogP contribution is 2.29. The van der Waals surface area contributed by atoms with E-state index in [1.165, 1.54) is 16.7 Å². The Kier molecular flexibility index (Phi) is 9.66. The molecule has 0 fully saturated rings. The third-order valence-electron chi connectivity index (χ3n) is 6.10. The Bertz CT molecular complexity index is 1290. The van der Waals surface area contributed by atoms with Gasteiger partial charge >= 0.3 is 5.97 Å². The molecule has 0 aliphatic rings. The molecule has 0 unspecified atom stereocenters. The van der Waals surface area contributed by atoms with Crippen molar-refractivity contribution in [1.29, 1.82) is 0 Å². The van der Waals surface area contributed by atoms with E-state index in [-0.39, 0.29) is 25.1 Å². The Hall–Kier alpha value is -3.43. The molecule has 0 aliphatic carbocycles. The molecule has 3 aromatic rings. The fraction of sp³-hybridized carbons (Fsp3) is 0.357. The predicted octanol–water partition coefficient (Wildman–Crippen LogP) is 4.60. The van der Waals surface area contributed by atoms with Crippen molar-refractivity contribution in [1.82, 2.24) is 14.9 Å². The van der Waals surface area contributed by atoms with E-state index in [4.69, 9.17) is 10.5 Å². The van der Waals surface area contributed by atoms with Gasteiger partial charge in [0.1, 0.15) is 17.6 Å². The van der Waals surface area contributed by atoms with Crippen LogP contribution in [0.1, 0.15) is 44.1 Å². The molecule has 37 heavy (non-hydrogen) atoms. The number of nitrogens with two attached hydrogens (primary N) is 1. The van der Waals surface area contributed by atoms with E-state index in [1.807, 2.05) is 32.0 Å². The smallest absolute Gasteiger partial charge is 0.312 e. The lowest BCUT2D eigenvalue weighted by molar-refractivity contribution is -0.151. The van der Waals surface area contributed by atoms with E-state index in [0.717, 1.165) is 21.2 Å². The van der Waals surface area contributed by atoms with E-state index in [1.54, 1.807) is 20.0 Å². The molecule has 0 spiro atoms.